The van der Waals surface area contributed by atoms with E-state index in [1.807, 2.05) is 0 Å². The van der Waals surface area contributed by atoms with Crippen molar-refractivity contribution in [1.29, 1.82) is 0 Å². The standard InChI is InChI=1S/C14H21N3O5/c1-14(2,3)22-13(21)16-7-5-4-6-10(16)17-11(19)8-9(18)15-12(17)20/h10H,4-8H2,1-3H3,(H,15,18,20). The third kappa shape index (κ3) is 3.55. The maximum Gasteiger partial charge on any atom is 0.411 e. The van der Waals surface area contributed by atoms with Crippen LogP contribution >= 0.6 is 0 Å². The predicted octanol–water partition coefficient (Wildman–Crippen LogP) is 1.20. The summed E-state index contributed by atoms with van der Waals surface area (Å²) < 4.78 is 5.34. The van der Waals surface area contributed by atoms with E-state index in [-0.39, 0.29) is 6.42 Å². The van der Waals surface area contributed by atoms with Gasteiger partial charge in [-0.15, -0.1) is 0 Å². The van der Waals surface area contributed by atoms with Crippen LogP contribution in [0.5, 0.6) is 0 Å². The quantitative estimate of drug-likeness (QED) is 0.734. The molecular formula is C14H21N3O5. The molecule has 5 amide bonds. The minimum Gasteiger partial charge on any atom is -0.444 e. The highest BCUT2D eigenvalue weighted by molar-refractivity contribution is 6.14. The number of nitrogens with one attached hydrogen (secondary N) is 1. The summed E-state index contributed by atoms with van der Waals surface area (Å²) in [6.07, 6.45) is 0.392. The molecule has 2 aliphatic heterocycles. The van der Waals surface area contributed by atoms with Crippen molar-refractivity contribution in [2.24, 2.45) is 0 Å². The van der Waals surface area contributed by atoms with Gasteiger partial charge in [0.25, 0.3) is 0 Å². The van der Waals surface area contributed by atoms with E-state index in [1.54, 1.807) is 20.8 Å². The van der Waals surface area contributed by atoms with Crippen molar-refractivity contribution in [3.8, 4) is 0 Å². The Morgan fingerprint density at radius 2 is 1.91 bits per heavy atom. The van der Waals surface area contributed by atoms with E-state index < -0.39 is 35.7 Å². The SMILES string of the molecule is CC(C)(C)OC(=O)N1CCCCC1N1C(=O)CC(=O)NC1=O. The summed E-state index contributed by atoms with van der Waals surface area (Å²) in [4.78, 5) is 49.9. The molecule has 1 N–H and O–H groups in total. The summed E-state index contributed by atoms with van der Waals surface area (Å²) >= 11 is 0. The molecule has 2 saturated heterocycles. The van der Waals surface area contributed by atoms with Gasteiger partial charge in [0, 0.05) is 6.54 Å². The lowest BCUT2D eigenvalue weighted by molar-refractivity contribution is -0.140. The number of hydrogen-bond acceptors (Lipinski definition) is 5. The number of ether oxygens (including phenoxy) is 1. The summed E-state index contributed by atoms with van der Waals surface area (Å²) in [5.41, 5.74) is -0.663. The van der Waals surface area contributed by atoms with Gasteiger partial charge < -0.3 is 4.74 Å². The number of barbiturate groups is 1. The van der Waals surface area contributed by atoms with Crippen LogP contribution in [0.1, 0.15) is 46.5 Å². The number of hydrogen-bond donors (Lipinski definition) is 1. The van der Waals surface area contributed by atoms with E-state index in [9.17, 15) is 19.2 Å². The smallest absolute Gasteiger partial charge is 0.411 e. The number of carbonyl (C=O) groups excluding carboxylic acids is 4. The highest BCUT2D eigenvalue weighted by Crippen LogP contribution is 2.24. The Labute approximate surface area is 128 Å². The monoisotopic (exact) mass is 311 g/mol. The lowest BCUT2D eigenvalue weighted by Crippen LogP contribution is -2.63. The minimum atomic E-state index is -0.776. The lowest BCUT2D eigenvalue weighted by Gasteiger charge is -2.42. The van der Waals surface area contributed by atoms with E-state index in [0.29, 0.717) is 13.0 Å². The highest BCUT2D eigenvalue weighted by atomic mass is 16.6. The van der Waals surface area contributed by atoms with Gasteiger partial charge >= 0.3 is 12.1 Å². The van der Waals surface area contributed by atoms with Gasteiger partial charge in [-0.05, 0) is 40.0 Å². The molecule has 0 saturated carbocycles. The molecular weight excluding hydrogens is 290 g/mol. The first-order chi connectivity index (χ1) is 10.2. The average Bonchev–Trinajstić information content (AvgIpc) is 2.36. The van der Waals surface area contributed by atoms with Crippen LogP contribution in [-0.4, -0.2) is 52.1 Å². The van der Waals surface area contributed by atoms with Gasteiger partial charge in [-0.25, -0.2) is 14.5 Å². The zero-order valence-electron chi connectivity index (χ0n) is 13.0. The zero-order chi connectivity index (χ0) is 16.5. The topological polar surface area (TPSA) is 96.0 Å². The molecule has 0 aliphatic carbocycles. The van der Waals surface area contributed by atoms with Crippen molar-refractivity contribution >= 4 is 23.9 Å². The Morgan fingerprint density at radius 1 is 1.23 bits per heavy atom. The maximum atomic E-state index is 12.3. The minimum absolute atomic E-state index is 0.385. The molecule has 0 aromatic rings. The number of imide groups is 2. The molecule has 8 nitrogen and oxygen atoms in total. The third-order valence-electron chi connectivity index (χ3n) is 3.44. The summed E-state index contributed by atoms with van der Waals surface area (Å²) in [5.74, 6) is -1.21. The molecule has 2 rings (SSSR count). The molecule has 1 atom stereocenters. The molecule has 0 aromatic heterocycles. The molecule has 1 unspecified atom stereocenters. The zero-order valence-corrected chi connectivity index (χ0v) is 13.0. The van der Waals surface area contributed by atoms with E-state index >= 15 is 0 Å². The molecule has 22 heavy (non-hydrogen) atoms. The number of urea groups is 1. The predicted molar refractivity (Wildman–Crippen MR) is 75.6 cm³/mol. The van der Waals surface area contributed by atoms with Crippen LogP contribution in [-0.2, 0) is 14.3 Å². The Balaban J connectivity index is 2.19. The number of piperidine rings is 1. The fraction of sp³-hybridized carbons (Fsp3) is 0.714. The summed E-state index contributed by atoms with van der Waals surface area (Å²) in [7, 11) is 0. The molecule has 8 heteroatoms. The molecule has 0 radical (unpaired) electrons. The fourth-order valence-electron chi connectivity index (χ4n) is 2.58. The number of nitrogens with zero attached hydrogens (tertiary/aromatic N) is 2. The van der Waals surface area contributed by atoms with Crippen molar-refractivity contribution in [2.45, 2.75) is 58.2 Å². The van der Waals surface area contributed by atoms with Crippen LogP contribution in [0, 0.1) is 0 Å². The van der Waals surface area contributed by atoms with Gasteiger partial charge in [0.2, 0.25) is 11.8 Å². The maximum absolute atomic E-state index is 12.3. The van der Waals surface area contributed by atoms with Crippen molar-refractivity contribution in [3.05, 3.63) is 0 Å². The molecule has 2 fully saturated rings. The number of likely N-dealkylation sites (tertiary alicyclic amines) is 1. The van der Waals surface area contributed by atoms with Gasteiger partial charge in [-0.1, -0.05) is 0 Å². The van der Waals surface area contributed by atoms with Crippen LogP contribution in [0.15, 0.2) is 0 Å². The summed E-state index contributed by atoms with van der Waals surface area (Å²) in [5, 5.41) is 2.11. The second-order valence-electron chi connectivity index (χ2n) is 6.44. The Hall–Kier alpha value is -2.12. The largest absolute Gasteiger partial charge is 0.444 e. The van der Waals surface area contributed by atoms with Crippen molar-refractivity contribution in [1.82, 2.24) is 15.1 Å². The molecule has 0 aromatic carbocycles. The number of carbonyl (C=O) groups is 4. The van der Waals surface area contributed by atoms with E-state index in [2.05, 4.69) is 5.32 Å². The first-order valence-electron chi connectivity index (χ1n) is 7.34. The van der Waals surface area contributed by atoms with Gasteiger partial charge in [-0.2, -0.15) is 0 Å². The highest BCUT2D eigenvalue weighted by Gasteiger charge is 2.42. The average molecular weight is 311 g/mol. The molecule has 2 aliphatic rings. The van der Waals surface area contributed by atoms with Gasteiger partial charge in [-0.3, -0.25) is 19.8 Å². The fourth-order valence-corrected chi connectivity index (χ4v) is 2.58. The van der Waals surface area contributed by atoms with Gasteiger partial charge in [0.1, 0.15) is 18.2 Å². The van der Waals surface area contributed by atoms with Crippen molar-refractivity contribution in [3.63, 3.8) is 0 Å². The molecule has 2 heterocycles. The lowest BCUT2D eigenvalue weighted by atomic mass is 10.1. The normalized spacial score (nSPS) is 23.4. The first kappa shape index (κ1) is 16.3. The molecule has 122 valence electrons. The van der Waals surface area contributed by atoms with Gasteiger partial charge in [0.05, 0.1) is 0 Å². The van der Waals surface area contributed by atoms with Crippen LogP contribution in [0.2, 0.25) is 0 Å². The number of rotatable bonds is 1. The first-order valence-corrected chi connectivity index (χ1v) is 7.34. The van der Waals surface area contributed by atoms with Gasteiger partial charge in [0.15, 0.2) is 0 Å². The summed E-state index contributed by atoms with van der Waals surface area (Å²) in [6.45, 7) is 5.66. The Kier molecular flexibility index (Phi) is 4.39. The molecule has 0 spiro atoms. The van der Waals surface area contributed by atoms with Crippen LogP contribution in [0.3, 0.4) is 0 Å². The number of amides is 5. The van der Waals surface area contributed by atoms with E-state index in [0.717, 1.165) is 17.7 Å². The van der Waals surface area contributed by atoms with Crippen molar-refractivity contribution < 1.29 is 23.9 Å². The second kappa shape index (κ2) is 5.94. The third-order valence-corrected chi connectivity index (χ3v) is 3.44. The van der Waals surface area contributed by atoms with E-state index in [1.165, 1.54) is 4.90 Å². The molecule has 0 bridgehead atoms. The second-order valence-corrected chi connectivity index (χ2v) is 6.44. The van der Waals surface area contributed by atoms with Crippen LogP contribution < -0.4 is 5.32 Å². The van der Waals surface area contributed by atoms with Crippen LogP contribution in [0.4, 0.5) is 9.59 Å². The summed E-state index contributed by atoms with van der Waals surface area (Å²) in [6, 6.07) is -0.776. The Bertz CT molecular complexity index is 491. The van der Waals surface area contributed by atoms with E-state index in [4.69, 9.17) is 4.74 Å². The van der Waals surface area contributed by atoms with Crippen LogP contribution in [0.25, 0.3) is 0 Å². The van der Waals surface area contributed by atoms with Crippen molar-refractivity contribution in [2.75, 3.05) is 6.54 Å². The Morgan fingerprint density at radius 3 is 2.50 bits per heavy atom.